The molecule has 0 fully saturated rings. The van der Waals surface area contributed by atoms with E-state index in [1.165, 1.54) is 0 Å². The van der Waals surface area contributed by atoms with Gasteiger partial charge >= 0.3 is 5.97 Å². The van der Waals surface area contributed by atoms with Gasteiger partial charge in [0.1, 0.15) is 0 Å². The Morgan fingerprint density at radius 3 is 1.50 bits per heavy atom. The highest BCUT2D eigenvalue weighted by molar-refractivity contribution is 14.1. The molecular weight excluding hydrogens is 473 g/mol. The molecule has 0 radical (unpaired) electrons. The van der Waals surface area contributed by atoms with E-state index in [9.17, 15) is 4.79 Å². The molecule has 0 aromatic carbocycles. The second-order valence-electron chi connectivity index (χ2n) is 1.99. The van der Waals surface area contributed by atoms with Crippen molar-refractivity contribution in [2.45, 2.75) is 0 Å². The van der Waals surface area contributed by atoms with E-state index in [1.807, 2.05) is 0 Å². The SMILES string of the molecule is O=C(O)C(CI)(CI)CI. The van der Waals surface area contributed by atoms with Crippen LogP contribution in [0.2, 0.25) is 0 Å². The Morgan fingerprint density at radius 1 is 1.20 bits per heavy atom. The van der Waals surface area contributed by atoms with Gasteiger partial charge in [-0.05, 0) is 0 Å². The predicted octanol–water partition coefficient (Wildman–Crippen LogP) is 2.36. The maximum atomic E-state index is 10.7. The van der Waals surface area contributed by atoms with Crippen LogP contribution in [0.25, 0.3) is 0 Å². The molecule has 0 rings (SSSR count). The maximum absolute atomic E-state index is 10.7. The fraction of sp³-hybridized carbons (Fsp3) is 0.800. The molecule has 5 heteroatoms. The third-order valence-electron chi connectivity index (χ3n) is 1.22. The van der Waals surface area contributed by atoms with Crippen LogP contribution in [-0.2, 0) is 4.79 Å². The zero-order valence-electron chi connectivity index (χ0n) is 5.11. The van der Waals surface area contributed by atoms with Crippen LogP contribution in [0.4, 0.5) is 0 Å². The highest BCUT2D eigenvalue weighted by atomic mass is 127. The number of hydrogen-bond donors (Lipinski definition) is 1. The fourth-order valence-corrected chi connectivity index (χ4v) is 5.97. The summed E-state index contributed by atoms with van der Waals surface area (Å²) in [6, 6.07) is 0. The molecule has 0 bridgehead atoms. The lowest BCUT2D eigenvalue weighted by atomic mass is 9.97. The van der Waals surface area contributed by atoms with Crippen molar-refractivity contribution in [2.75, 3.05) is 13.3 Å². The number of aliphatic carboxylic acids is 1. The lowest BCUT2D eigenvalue weighted by molar-refractivity contribution is -0.144. The first-order chi connectivity index (χ1) is 4.63. The minimum atomic E-state index is -0.675. The van der Waals surface area contributed by atoms with Crippen molar-refractivity contribution in [3.8, 4) is 0 Å². The molecule has 1 N–H and O–H groups in total. The number of carboxylic acids is 1. The van der Waals surface area contributed by atoms with Gasteiger partial charge in [-0.15, -0.1) is 0 Å². The van der Waals surface area contributed by atoms with E-state index in [1.54, 1.807) is 0 Å². The Bertz CT molecular complexity index is 114. The molecule has 0 aliphatic rings. The van der Waals surface area contributed by atoms with Crippen molar-refractivity contribution in [3.63, 3.8) is 0 Å². The molecule has 0 aliphatic carbocycles. The van der Waals surface area contributed by atoms with E-state index in [4.69, 9.17) is 5.11 Å². The summed E-state index contributed by atoms with van der Waals surface area (Å²) in [4.78, 5) is 10.7. The zero-order valence-corrected chi connectivity index (χ0v) is 11.6. The largest absolute Gasteiger partial charge is 0.481 e. The standard InChI is InChI=1S/C5H7I3O2/c6-1-5(2-7,3-8)4(9)10/h1-3H2,(H,9,10). The summed E-state index contributed by atoms with van der Waals surface area (Å²) in [6.45, 7) is 0. The van der Waals surface area contributed by atoms with E-state index in [0.717, 1.165) is 0 Å². The summed E-state index contributed by atoms with van der Waals surface area (Å²) >= 11 is 6.38. The number of rotatable bonds is 4. The van der Waals surface area contributed by atoms with Gasteiger partial charge < -0.3 is 5.11 Å². The van der Waals surface area contributed by atoms with E-state index >= 15 is 0 Å². The first-order valence-electron chi connectivity index (χ1n) is 2.54. The van der Waals surface area contributed by atoms with Crippen molar-refractivity contribution in [1.82, 2.24) is 0 Å². The Labute approximate surface area is 101 Å². The van der Waals surface area contributed by atoms with Crippen molar-refractivity contribution < 1.29 is 9.90 Å². The number of carboxylic acid groups (broad SMARTS) is 1. The third-order valence-corrected chi connectivity index (χ3v) is 5.60. The van der Waals surface area contributed by atoms with Crippen LogP contribution in [0.15, 0.2) is 0 Å². The van der Waals surface area contributed by atoms with Gasteiger partial charge in [0.15, 0.2) is 0 Å². The molecule has 0 amide bonds. The molecule has 0 heterocycles. The molecule has 0 atom stereocenters. The lowest BCUT2D eigenvalue weighted by Crippen LogP contribution is -2.36. The minimum Gasteiger partial charge on any atom is -0.481 e. The molecule has 2 nitrogen and oxygen atoms in total. The van der Waals surface area contributed by atoms with Crippen molar-refractivity contribution in [2.24, 2.45) is 5.41 Å². The third kappa shape index (κ3) is 2.61. The van der Waals surface area contributed by atoms with Crippen LogP contribution >= 0.6 is 67.8 Å². The lowest BCUT2D eigenvalue weighted by Gasteiger charge is -2.21. The Kier molecular flexibility index (Phi) is 6.22. The Morgan fingerprint density at radius 2 is 1.50 bits per heavy atom. The van der Waals surface area contributed by atoms with Crippen LogP contribution in [0, 0.1) is 5.41 Å². The Hall–Kier alpha value is 1.66. The second kappa shape index (κ2) is 5.33. The van der Waals surface area contributed by atoms with E-state index < -0.39 is 11.4 Å². The van der Waals surface area contributed by atoms with Gasteiger partial charge in [-0.1, -0.05) is 67.8 Å². The summed E-state index contributed by atoms with van der Waals surface area (Å²) in [6.07, 6.45) is 0. The topological polar surface area (TPSA) is 37.3 Å². The summed E-state index contributed by atoms with van der Waals surface area (Å²) in [7, 11) is 0. The van der Waals surface area contributed by atoms with Crippen molar-refractivity contribution in [3.05, 3.63) is 0 Å². The molecule has 0 aromatic rings. The van der Waals surface area contributed by atoms with Crippen molar-refractivity contribution in [1.29, 1.82) is 0 Å². The molecule has 0 saturated carbocycles. The van der Waals surface area contributed by atoms with Gasteiger partial charge in [0.2, 0.25) is 0 Å². The molecule has 0 unspecified atom stereocenters. The second-order valence-corrected chi connectivity index (χ2v) is 4.27. The molecule has 0 aliphatic heterocycles. The van der Waals surface area contributed by atoms with Crippen LogP contribution in [0.1, 0.15) is 0 Å². The molecule has 10 heavy (non-hydrogen) atoms. The van der Waals surface area contributed by atoms with E-state index in [2.05, 4.69) is 67.8 Å². The first-order valence-corrected chi connectivity index (χ1v) is 7.12. The van der Waals surface area contributed by atoms with Gasteiger partial charge in [-0.3, -0.25) is 4.79 Å². The van der Waals surface area contributed by atoms with Gasteiger partial charge in [0, 0.05) is 13.3 Å². The normalized spacial score (nSPS) is 11.5. The predicted molar refractivity (Wildman–Crippen MR) is 66.7 cm³/mol. The van der Waals surface area contributed by atoms with Crippen LogP contribution < -0.4 is 0 Å². The smallest absolute Gasteiger partial charge is 0.311 e. The quantitative estimate of drug-likeness (QED) is 0.497. The molecule has 0 saturated heterocycles. The number of carbonyl (C=O) groups is 1. The van der Waals surface area contributed by atoms with Gasteiger partial charge in [-0.25, -0.2) is 0 Å². The molecule has 60 valence electrons. The highest BCUT2D eigenvalue weighted by Gasteiger charge is 2.34. The van der Waals surface area contributed by atoms with Gasteiger partial charge in [-0.2, -0.15) is 0 Å². The molecule has 0 spiro atoms. The minimum absolute atomic E-state index is 0.498. The Balaban J connectivity index is 4.31. The average Bonchev–Trinajstić information content (AvgIpc) is 1.92. The molecule has 0 aromatic heterocycles. The van der Waals surface area contributed by atoms with Gasteiger partial charge in [0.25, 0.3) is 0 Å². The zero-order chi connectivity index (χ0) is 8.20. The maximum Gasteiger partial charge on any atom is 0.311 e. The van der Waals surface area contributed by atoms with Crippen LogP contribution in [-0.4, -0.2) is 24.4 Å². The van der Waals surface area contributed by atoms with E-state index in [0.29, 0.717) is 13.3 Å². The summed E-state index contributed by atoms with van der Waals surface area (Å²) < 4.78 is 2.06. The summed E-state index contributed by atoms with van der Waals surface area (Å²) in [5, 5.41) is 8.81. The average molecular weight is 480 g/mol. The number of halogens is 3. The van der Waals surface area contributed by atoms with Gasteiger partial charge in [0.05, 0.1) is 5.41 Å². The fourth-order valence-electron chi connectivity index (χ4n) is 0.279. The number of alkyl halides is 3. The van der Waals surface area contributed by atoms with Crippen molar-refractivity contribution >= 4 is 73.7 Å². The van der Waals surface area contributed by atoms with Crippen LogP contribution in [0.5, 0.6) is 0 Å². The van der Waals surface area contributed by atoms with E-state index in [-0.39, 0.29) is 0 Å². The molecular formula is C5H7I3O2. The highest BCUT2D eigenvalue weighted by Crippen LogP contribution is 2.26. The summed E-state index contributed by atoms with van der Waals surface area (Å²) in [5.41, 5.74) is -0.498. The van der Waals surface area contributed by atoms with Crippen LogP contribution in [0.3, 0.4) is 0 Å². The monoisotopic (exact) mass is 480 g/mol. The number of hydrogen-bond acceptors (Lipinski definition) is 1. The first kappa shape index (κ1) is 11.7. The summed E-state index contributed by atoms with van der Waals surface area (Å²) in [5.74, 6) is -0.675.